The molecule has 104 valence electrons. The fourth-order valence-corrected chi connectivity index (χ4v) is 3.34. The minimum Gasteiger partial charge on any atom is -0.376 e. The molecule has 1 aliphatic carbocycles. The summed E-state index contributed by atoms with van der Waals surface area (Å²) in [6.07, 6.45) is 8.74. The van der Waals surface area contributed by atoms with Gasteiger partial charge in [0.05, 0.1) is 12.7 Å². The zero-order chi connectivity index (χ0) is 13.0. The van der Waals surface area contributed by atoms with E-state index in [1.165, 1.54) is 32.0 Å². The van der Waals surface area contributed by atoms with Crippen LogP contribution in [-0.2, 0) is 9.53 Å². The summed E-state index contributed by atoms with van der Waals surface area (Å²) in [4.78, 5) is 14.1. The van der Waals surface area contributed by atoms with Crippen molar-refractivity contribution in [1.82, 2.24) is 4.90 Å². The maximum absolute atomic E-state index is 11.6. The van der Waals surface area contributed by atoms with E-state index in [9.17, 15) is 4.79 Å². The molecule has 2 fully saturated rings. The second-order valence-electron chi connectivity index (χ2n) is 6.32. The number of aldehydes is 1. The zero-order valence-electron chi connectivity index (χ0n) is 11.9. The van der Waals surface area contributed by atoms with Gasteiger partial charge < -0.3 is 9.53 Å². The zero-order valence-corrected chi connectivity index (χ0v) is 11.9. The van der Waals surface area contributed by atoms with Gasteiger partial charge in [-0.05, 0) is 26.7 Å². The van der Waals surface area contributed by atoms with Gasteiger partial charge >= 0.3 is 0 Å². The largest absolute Gasteiger partial charge is 0.376 e. The predicted octanol–water partition coefficient (Wildman–Crippen LogP) is 2.64. The van der Waals surface area contributed by atoms with Crippen molar-refractivity contribution in [2.45, 2.75) is 64.5 Å². The van der Waals surface area contributed by atoms with Gasteiger partial charge in [0.1, 0.15) is 6.29 Å². The smallest absolute Gasteiger partial charge is 0.127 e. The van der Waals surface area contributed by atoms with E-state index in [4.69, 9.17) is 4.74 Å². The van der Waals surface area contributed by atoms with Crippen molar-refractivity contribution in [3.8, 4) is 0 Å². The lowest BCUT2D eigenvalue weighted by Gasteiger charge is -2.41. The molecule has 3 heteroatoms. The molecule has 0 aromatic rings. The number of carbonyl (C=O) groups excluding carboxylic acids is 1. The lowest BCUT2D eigenvalue weighted by atomic mass is 9.81. The molecule has 2 atom stereocenters. The fourth-order valence-electron chi connectivity index (χ4n) is 3.34. The van der Waals surface area contributed by atoms with E-state index in [0.29, 0.717) is 12.1 Å². The molecule has 0 N–H and O–H groups in total. The number of hydrogen-bond donors (Lipinski definition) is 0. The molecule has 1 saturated carbocycles. The van der Waals surface area contributed by atoms with E-state index in [2.05, 4.69) is 18.7 Å². The SMILES string of the molecule is CC1CN(CC2(C=O)CCCCCC2)C(C)CO1. The van der Waals surface area contributed by atoms with Crippen LogP contribution in [0.3, 0.4) is 0 Å². The number of hydrogen-bond acceptors (Lipinski definition) is 3. The lowest BCUT2D eigenvalue weighted by molar-refractivity contribution is -0.121. The topological polar surface area (TPSA) is 29.5 Å². The Labute approximate surface area is 111 Å². The van der Waals surface area contributed by atoms with Gasteiger partial charge in [0.2, 0.25) is 0 Å². The maximum atomic E-state index is 11.6. The quantitative estimate of drug-likeness (QED) is 0.572. The van der Waals surface area contributed by atoms with Crippen LogP contribution in [0.5, 0.6) is 0 Å². The van der Waals surface area contributed by atoms with Gasteiger partial charge in [0, 0.05) is 24.5 Å². The minimum absolute atomic E-state index is 0.0815. The van der Waals surface area contributed by atoms with Crippen molar-refractivity contribution in [3.63, 3.8) is 0 Å². The Kier molecular flexibility index (Phi) is 4.79. The van der Waals surface area contributed by atoms with Crippen LogP contribution >= 0.6 is 0 Å². The van der Waals surface area contributed by atoms with Gasteiger partial charge in [-0.25, -0.2) is 0 Å². The molecule has 2 aliphatic rings. The van der Waals surface area contributed by atoms with Crippen molar-refractivity contribution < 1.29 is 9.53 Å². The van der Waals surface area contributed by atoms with Gasteiger partial charge in [0.15, 0.2) is 0 Å². The van der Waals surface area contributed by atoms with Crippen molar-refractivity contribution in [1.29, 1.82) is 0 Å². The molecule has 0 amide bonds. The summed E-state index contributed by atoms with van der Waals surface area (Å²) >= 11 is 0. The monoisotopic (exact) mass is 253 g/mol. The Balaban J connectivity index is 2.01. The fraction of sp³-hybridized carbons (Fsp3) is 0.933. The average molecular weight is 253 g/mol. The number of nitrogens with zero attached hydrogens (tertiary/aromatic N) is 1. The first-order valence-corrected chi connectivity index (χ1v) is 7.47. The molecular formula is C15H27NO2. The van der Waals surface area contributed by atoms with E-state index >= 15 is 0 Å². The number of carbonyl (C=O) groups is 1. The molecule has 1 saturated heterocycles. The van der Waals surface area contributed by atoms with Crippen LogP contribution in [0.25, 0.3) is 0 Å². The third-order valence-electron chi connectivity index (χ3n) is 4.60. The Bertz CT molecular complexity index is 272. The Morgan fingerprint density at radius 1 is 1.22 bits per heavy atom. The molecule has 2 rings (SSSR count). The first-order chi connectivity index (χ1) is 8.65. The van der Waals surface area contributed by atoms with Crippen LogP contribution in [0.4, 0.5) is 0 Å². The van der Waals surface area contributed by atoms with Crippen LogP contribution < -0.4 is 0 Å². The molecule has 0 aromatic heterocycles. The van der Waals surface area contributed by atoms with E-state index in [1.54, 1.807) is 0 Å². The van der Waals surface area contributed by atoms with Crippen LogP contribution in [0.15, 0.2) is 0 Å². The van der Waals surface area contributed by atoms with Gasteiger partial charge in [-0.1, -0.05) is 25.7 Å². The first-order valence-electron chi connectivity index (χ1n) is 7.47. The summed E-state index contributed by atoms with van der Waals surface area (Å²) in [7, 11) is 0. The van der Waals surface area contributed by atoms with Gasteiger partial charge in [0.25, 0.3) is 0 Å². The van der Waals surface area contributed by atoms with E-state index in [-0.39, 0.29) is 5.41 Å². The summed E-state index contributed by atoms with van der Waals surface area (Å²) in [5, 5.41) is 0. The van der Waals surface area contributed by atoms with Crippen molar-refractivity contribution >= 4 is 6.29 Å². The summed E-state index contributed by atoms with van der Waals surface area (Å²) < 4.78 is 5.67. The van der Waals surface area contributed by atoms with Crippen molar-refractivity contribution in [2.75, 3.05) is 19.7 Å². The Morgan fingerprint density at radius 2 is 1.89 bits per heavy atom. The summed E-state index contributed by atoms with van der Waals surface area (Å²) in [6, 6.07) is 0.446. The predicted molar refractivity (Wildman–Crippen MR) is 72.6 cm³/mol. The average Bonchev–Trinajstić information content (AvgIpc) is 2.60. The van der Waals surface area contributed by atoms with Crippen LogP contribution in [0.1, 0.15) is 52.4 Å². The van der Waals surface area contributed by atoms with Crippen LogP contribution in [0, 0.1) is 5.41 Å². The highest BCUT2D eigenvalue weighted by Crippen LogP contribution is 2.35. The molecule has 1 heterocycles. The molecule has 3 nitrogen and oxygen atoms in total. The molecule has 1 aliphatic heterocycles. The number of rotatable bonds is 3. The molecule has 0 radical (unpaired) electrons. The molecule has 0 spiro atoms. The summed E-state index contributed by atoms with van der Waals surface area (Å²) in [5.41, 5.74) is -0.0815. The third kappa shape index (κ3) is 3.33. The highest BCUT2D eigenvalue weighted by Gasteiger charge is 2.35. The standard InChI is InChI=1S/C15H27NO2/c1-13-10-18-14(2)9-16(13)11-15(12-17)7-5-3-4-6-8-15/h12-14H,3-11H2,1-2H3. The lowest BCUT2D eigenvalue weighted by Crippen LogP contribution is -2.51. The highest BCUT2D eigenvalue weighted by atomic mass is 16.5. The normalized spacial score (nSPS) is 33.9. The Hall–Kier alpha value is -0.410. The van der Waals surface area contributed by atoms with Crippen molar-refractivity contribution in [2.24, 2.45) is 5.41 Å². The second kappa shape index (κ2) is 6.16. The molecule has 0 bridgehead atoms. The van der Waals surface area contributed by atoms with E-state index in [1.807, 2.05) is 0 Å². The summed E-state index contributed by atoms with van der Waals surface area (Å²) in [5.74, 6) is 0. The highest BCUT2D eigenvalue weighted by molar-refractivity contribution is 5.59. The molecule has 18 heavy (non-hydrogen) atoms. The second-order valence-corrected chi connectivity index (χ2v) is 6.32. The molecule has 2 unspecified atom stereocenters. The van der Waals surface area contributed by atoms with Crippen molar-refractivity contribution in [3.05, 3.63) is 0 Å². The number of ether oxygens (including phenoxy) is 1. The molecule has 0 aromatic carbocycles. The van der Waals surface area contributed by atoms with Gasteiger partial charge in [-0.2, -0.15) is 0 Å². The maximum Gasteiger partial charge on any atom is 0.127 e. The number of morpholine rings is 1. The van der Waals surface area contributed by atoms with Gasteiger partial charge in [-0.3, -0.25) is 4.90 Å². The summed E-state index contributed by atoms with van der Waals surface area (Å²) in [6.45, 7) is 7.04. The van der Waals surface area contributed by atoms with Gasteiger partial charge in [-0.15, -0.1) is 0 Å². The molecular weight excluding hydrogens is 226 g/mol. The Morgan fingerprint density at radius 3 is 2.50 bits per heavy atom. The first kappa shape index (κ1) is 14.0. The minimum atomic E-state index is -0.0815. The van der Waals surface area contributed by atoms with Crippen LogP contribution in [0.2, 0.25) is 0 Å². The van der Waals surface area contributed by atoms with E-state index in [0.717, 1.165) is 32.5 Å². The third-order valence-corrected chi connectivity index (χ3v) is 4.60. The van der Waals surface area contributed by atoms with E-state index < -0.39 is 0 Å². The van der Waals surface area contributed by atoms with Crippen LogP contribution in [-0.4, -0.2) is 43.0 Å².